The lowest BCUT2D eigenvalue weighted by molar-refractivity contribution is 0.0650. The molecule has 0 spiro atoms. The summed E-state index contributed by atoms with van der Waals surface area (Å²) in [6.45, 7) is 7.34. The van der Waals surface area contributed by atoms with Gasteiger partial charge < -0.3 is 10.2 Å². The molecule has 0 unspecified atom stereocenters. The van der Waals surface area contributed by atoms with Crippen molar-refractivity contribution in [3.8, 4) is 17.1 Å². The molecule has 0 radical (unpaired) electrons. The van der Waals surface area contributed by atoms with E-state index in [2.05, 4.69) is 25.5 Å². The van der Waals surface area contributed by atoms with Crippen LogP contribution >= 0.6 is 0 Å². The monoisotopic (exact) mass is 474 g/mol. The lowest BCUT2D eigenvalue weighted by Gasteiger charge is -2.30. The first kappa shape index (κ1) is 22.7. The van der Waals surface area contributed by atoms with E-state index in [0.29, 0.717) is 28.7 Å². The number of aromatic nitrogens is 6. The van der Waals surface area contributed by atoms with Gasteiger partial charge in [-0.15, -0.1) is 0 Å². The first-order valence-electron chi connectivity index (χ1n) is 11.6. The molecule has 1 aromatic carbocycles. The number of benzene rings is 1. The van der Waals surface area contributed by atoms with E-state index in [1.54, 1.807) is 27.6 Å². The fourth-order valence-corrected chi connectivity index (χ4v) is 4.48. The molecule has 9 nitrogen and oxygen atoms in total. The van der Waals surface area contributed by atoms with Crippen LogP contribution in [0.15, 0.2) is 36.7 Å². The van der Waals surface area contributed by atoms with Crippen molar-refractivity contribution in [1.29, 1.82) is 0 Å². The van der Waals surface area contributed by atoms with E-state index in [-0.39, 0.29) is 11.7 Å². The normalized spacial score (nSPS) is 13.1. The van der Waals surface area contributed by atoms with Crippen molar-refractivity contribution in [2.75, 3.05) is 18.4 Å². The topological polar surface area (TPSA) is 93.8 Å². The minimum Gasteiger partial charge on any atom is -0.338 e. The number of nitrogens with one attached hydrogen (secondary N) is 1. The first-order chi connectivity index (χ1) is 16.9. The quantitative estimate of drug-likeness (QED) is 0.455. The van der Waals surface area contributed by atoms with Crippen molar-refractivity contribution < 1.29 is 9.18 Å². The zero-order chi connectivity index (χ0) is 24.7. The number of halogens is 1. The molecule has 1 saturated heterocycles. The number of rotatable bonds is 6. The number of hydrogen-bond acceptors (Lipinski definition) is 6. The van der Waals surface area contributed by atoms with Crippen LogP contribution in [0, 0.1) is 19.7 Å². The van der Waals surface area contributed by atoms with Crippen LogP contribution in [0.3, 0.4) is 0 Å². The summed E-state index contributed by atoms with van der Waals surface area (Å²) in [7, 11) is 1.86. The summed E-state index contributed by atoms with van der Waals surface area (Å²) in [6.07, 6.45) is 3.22. The van der Waals surface area contributed by atoms with Gasteiger partial charge in [0.25, 0.3) is 5.91 Å². The molecule has 4 aromatic rings. The molecule has 0 saturated carbocycles. The second-order valence-electron chi connectivity index (χ2n) is 8.65. The minimum absolute atomic E-state index is 0.0132. The SMILES string of the molecule is CCc1c(Nc2cc(-n3nc(C)c(C(=O)N4CCC4)c3C)ncn2)nn(C)c1-c1ccc(F)cc1. The average Bonchev–Trinajstić information content (AvgIpc) is 3.27. The van der Waals surface area contributed by atoms with Gasteiger partial charge in [0.1, 0.15) is 18.0 Å². The predicted molar refractivity (Wildman–Crippen MR) is 130 cm³/mol. The van der Waals surface area contributed by atoms with Crippen LogP contribution in [-0.4, -0.2) is 53.4 Å². The second-order valence-corrected chi connectivity index (χ2v) is 8.65. The number of hydrogen-bond donors (Lipinski definition) is 1. The maximum Gasteiger partial charge on any atom is 0.257 e. The van der Waals surface area contributed by atoms with E-state index >= 15 is 0 Å². The van der Waals surface area contributed by atoms with E-state index in [1.807, 2.05) is 32.7 Å². The van der Waals surface area contributed by atoms with Crippen LogP contribution in [0.1, 0.15) is 40.7 Å². The van der Waals surface area contributed by atoms with E-state index < -0.39 is 0 Å². The van der Waals surface area contributed by atoms with Gasteiger partial charge in [-0.2, -0.15) is 10.2 Å². The lowest BCUT2D eigenvalue weighted by Crippen LogP contribution is -2.42. The summed E-state index contributed by atoms with van der Waals surface area (Å²) in [5, 5.41) is 12.5. The van der Waals surface area contributed by atoms with E-state index in [1.165, 1.54) is 18.5 Å². The lowest BCUT2D eigenvalue weighted by atomic mass is 10.1. The van der Waals surface area contributed by atoms with E-state index in [4.69, 9.17) is 0 Å². The Labute approximate surface area is 202 Å². The summed E-state index contributed by atoms with van der Waals surface area (Å²) < 4.78 is 16.9. The molecule has 10 heteroatoms. The average molecular weight is 475 g/mol. The number of amides is 1. The van der Waals surface area contributed by atoms with Crippen LogP contribution in [0.4, 0.5) is 16.0 Å². The van der Waals surface area contributed by atoms with Gasteiger partial charge in [0.2, 0.25) is 0 Å². The first-order valence-corrected chi connectivity index (χ1v) is 11.6. The van der Waals surface area contributed by atoms with Crippen molar-refractivity contribution in [2.24, 2.45) is 7.05 Å². The molecular formula is C25H27FN8O. The van der Waals surface area contributed by atoms with Crippen molar-refractivity contribution >= 4 is 17.5 Å². The fraction of sp³-hybridized carbons (Fsp3) is 0.320. The number of likely N-dealkylation sites (tertiary alicyclic amines) is 1. The molecule has 1 N–H and O–H groups in total. The molecule has 35 heavy (non-hydrogen) atoms. The van der Waals surface area contributed by atoms with Crippen molar-refractivity contribution in [3.63, 3.8) is 0 Å². The van der Waals surface area contributed by atoms with Gasteiger partial charge in [-0.3, -0.25) is 9.48 Å². The van der Waals surface area contributed by atoms with Crippen LogP contribution in [0.2, 0.25) is 0 Å². The van der Waals surface area contributed by atoms with Crippen LogP contribution in [0.25, 0.3) is 17.1 Å². The Kier molecular flexibility index (Phi) is 5.80. The summed E-state index contributed by atoms with van der Waals surface area (Å²) in [4.78, 5) is 23.4. The Balaban J connectivity index is 1.47. The third kappa shape index (κ3) is 4.05. The summed E-state index contributed by atoms with van der Waals surface area (Å²) in [6, 6.07) is 8.17. The van der Waals surface area contributed by atoms with E-state index in [9.17, 15) is 9.18 Å². The molecule has 5 rings (SSSR count). The van der Waals surface area contributed by atoms with Crippen molar-refractivity contribution in [3.05, 3.63) is 65.0 Å². The third-order valence-electron chi connectivity index (χ3n) is 6.38. The predicted octanol–water partition coefficient (Wildman–Crippen LogP) is 3.97. The fourth-order valence-electron chi connectivity index (χ4n) is 4.48. The number of anilines is 2. The molecule has 0 atom stereocenters. The second kappa shape index (κ2) is 8.94. The van der Waals surface area contributed by atoms with Gasteiger partial charge >= 0.3 is 0 Å². The molecule has 1 aliphatic rings. The zero-order valence-corrected chi connectivity index (χ0v) is 20.2. The molecule has 4 heterocycles. The van der Waals surface area contributed by atoms with E-state index in [0.717, 1.165) is 48.4 Å². The van der Waals surface area contributed by atoms with Crippen LogP contribution in [0.5, 0.6) is 0 Å². The molecule has 180 valence electrons. The summed E-state index contributed by atoms with van der Waals surface area (Å²) in [5.74, 6) is 1.51. The van der Waals surface area contributed by atoms with Crippen molar-refractivity contribution in [1.82, 2.24) is 34.4 Å². The number of aryl methyl sites for hydroxylation is 2. The molecular weight excluding hydrogens is 447 g/mol. The third-order valence-corrected chi connectivity index (χ3v) is 6.38. The standard InChI is InChI=1S/C25H27FN8O/c1-5-19-23(17-7-9-18(26)10-8-17)32(4)31-24(19)29-20-13-21(28-14-27-20)34-16(3)22(15(2)30-34)25(35)33-11-6-12-33/h7-10,13-14H,5-6,11-12H2,1-4H3,(H,27,28,29,31). The highest BCUT2D eigenvalue weighted by atomic mass is 19.1. The van der Waals surface area contributed by atoms with Gasteiger partial charge in [-0.05, 0) is 51.0 Å². The Morgan fingerprint density at radius 3 is 2.51 bits per heavy atom. The minimum atomic E-state index is -0.278. The smallest absolute Gasteiger partial charge is 0.257 e. The highest BCUT2D eigenvalue weighted by Gasteiger charge is 2.28. The van der Waals surface area contributed by atoms with Crippen LogP contribution in [-0.2, 0) is 13.5 Å². The highest BCUT2D eigenvalue weighted by molar-refractivity contribution is 5.97. The molecule has 0 bridgehead atoms. The van der Waals surface area contributed by atoms with Gasteiger partial charge in [0.15, 0.2) is 11.6 Å². The maximum atomic E-state index is 13.4. The maximum absolute atomic E-state index is 13.4. The largest absolute Gasteiger partial charge is 0.338 e. The Hall–Kier alpha value is -4.08. The van der Waals surface area contributed by atoms with Gasteiger partial charge in [-0.25, -0.2) is 19.0 Å². The van der Waals surface area contributed by atoms with Gasteiger partial charge in [-0.1, -0.05) is 6.92 Å². The van der Waals surface area contributed by atoms with Crippen LogP contribution < -0.4 is 5.32 Å². The molecule has 1 fully saturated rings. The Bertz CT molecular complexity index is 1400. The number of carbonyl (C=O) groups is 1. The number of nitrogens with zero attached hydrogens (tertiary/aromatic N) is 7. The molecule has 3 aromatic heterocycles. The molecule has 0 aliphatic carbocycles. The van der Waals surface area contributed by atoms with Gasteiger partial charge in [0.05, 0.1) is 22.6 Å². The highest BCUT2D eigenvalue weighted by Crippen LogP contribution is 2.31. The molecule has 1 aliphatic heterocycles. The summed E-state index contributed by atoms with van der Waals surface area (Å²) in [5.41, 5.74) is 4.84. The number of carbonyl (C=O) groups excluding carboxylic acids is 1. The van der Waals surface area contributed by atoms with Crippen molar-refractivity contribution in [2.45, 2.75) is 33.6 Å². The Morgan fingerprint density at radius 1 is 1.11 bits per heavy atom. The zero-order valence-electron chi connectivity index (χ0n) is 20.2. The summed E-state index contributed by atoms with van der Waals surface area (Å²) >= 11 is 0. The van der Waals surface area contributed by atoms with Gasteiger partial charge in [0, 0.05) is 37.3 Å². The Morgan fingerprint density at radius 2 is 1.86 bits per heavy atom. The molecule has 1 amide bonds.